The minimum Gasteiger partial charge on any atom is -0.347 e. The molecule has 18 heavy (non-hydrogen) atoms. The summed E-state index contributed by atoms with van der Waals surface area (Å²) in [6, 6.07) is 8.08. The van der Waals surface area contributed by atoms with Crippen LogP contribution in [0.1, 0.15) is 20.1 Å². The molecule has 0 atom stereocenters. The molecule has 0 aliphatic carbocycles. The van der Waals surface area contributed by atoms with Crippen molar-refractivity contribution in [3.63, 3.8) is 0 Å². The number of carbonyl (C=O) groups is 1. The van der Waals surface area contributed by atoms with Crippen molar-refractivity contribution in [2.75, 3.05) is 0 Å². The van der Waals surface area contributed by atoms with Crippen molar-refractivity contribution in [3.05, 3.63) is 56.5 Å². The molecule has 1 N–H and O–H groups in total. The van der Waals surface area contributed by atoms with Gasteiger partial charge < -0.3 is 5.32 Å². The van der Waals surface area contributed by atoms with Crippen LogP contribution in [0.5, 0.6) is 0 Å². The van der Waals surface area contributed by atoms with Crippen molar-refractivity contribution < 1.29 is 9.18 Å². The SMILES string of the molecule is Cc1ccc(C(=O)NCc2ccc(F)c(Cl)c2)s1. The molecule has 0 unspecified atom stereocenters. The summed E-state index contributed by atoms with van der Waals surface area (Å²) in [6.07, 6.45) is 0. The molecule has 1 amide bonds. The maximum absolute atomic E-state index is 12.9. The average molecular weight is 284 g/mol. The van der Waals surface area contributed by atoms with Gasteiger partial charge in [0.05, 0.1) is 9.90 Å². The van der Waals surface area contributed by atoms with E-state index in [0.29, 0.717) is 11.4 Å². The highest BCUT2D eigenvalue weighted by Crippen LogP contribution is 2.17. The quantitative estimate of drug-likeness (QED) is 0.912. The van der Waals surface area contributed by atoms with Crippen LogP contribution >= 0.6 is 22.9 Å². The Hall–Kier alpha value is -1.39. The van der Waals surface area contributed by atoms with Crippen LogP contribution in [0.3, 0.4) is 0 Å². The van der Waals surface area contributed by atoms with Crippen molar-refractivity contribution >= 4 is 28.8 Å². The predicted molar refractivity (Wildman–Crippen MR) is 71.6 cm³/mol. The number of rotatable bonds is 3. The van der Waals surface area contributed by atoms with E-state index in [-0.39, 0.29) is 10.9 Å². The highest BCUT2D eigenvalue weighted by atomic mass is 35.5. The summed E-state index contributed by atoms with van der Waals surface area (Å²) in [7, 11) is 0. The van der Waals surface area contributed by atoms with Crippen molar-refractivity contribution in [2.45, 2.75) is 13.5 Å². The Morgan fingerprint density at radius 1 is 1.39 bits per heavy atom. The van der Waals surface area contributed by atoms with Gasteiger partial charge in [-0.25, -0.2) is 4.39 Å². The highest BCUT2D eigenvalue weighted by Gasteiger charge is 2.08. The van der Waals surface area contributed by atoms with Crippen molar-refractivity contribution in [1.29, 1.82) is 0 Å². The first-order chi connectivity index (χ1) is 8.56. The molecule has 0 radical (unpaired) electrons. The molecule has 0 aliphatic heterocycles. The second kappa shape index (κ2) is 5.50. The van der Waals surface area contributed by atoms with Gasteiger partial charge in [-0.2, -0.15) is 0 Å². The zero-order valence-electron chi connectivity index (χ0n) is 9.67. The van der Waals surface area contributed by atoms with Crippen LogP contribution in [0.15, 0.2) is 30.3 Å². The number of thiophene rings is 1. The number of halogens is 2. The minimum absolute atomic E-state index is 0.0636. The Bertz CT molecular complexity index is 582. The smallest absolute Gasteiger partial charge is 0.261 e. The van der Waals surface area contributed by atoms with Gasteiger partial charge in [0, 0.05) is 11.4 Å². The van der Waals surface area contributed by atoms with Crippen LogP contribution in [0.25, 0.3) is 0 Å². The van der Waals surface area contributed by atoms with Crippen LogP contribution in [-0.4, -0.2) is 5.91 Å². The average Bonchev–Trinajstić information content (AvgIpc) is 2.77. The molecule has 1 aromatic carbocycles. The third-order valence-electron chi connectivity index (χ3n) is 2.40. The molecule has 0 aliphatic rings. The van der Waals surface area contributed by atoms with E-state index in [0.717, 1.165) is 10.4 Å². The van der Waals surface area contributed by atoms with Gasteiger partial charge in [-0.3, -0.25) is 4.79 Å². The van der Waals surface area contributed by atoms with Crippen molar-refractivity contribution in [2.24, 2.45) is 0 Å². The van der Waals surface area contributed by atoms with Gasteiger partial charge in [0.2, 0.25) is 0 Å². The summed E-state index contributed by atoms with van der Waals surface area (Å²) in [6.45, 7) is 2.27. The number of nitrogens with one attached hydrogen (secondary N) is 1. The maximum Gasteiger partial charge on any atom is 0.261 e. The van der Waals surface area contributed by atoms with E-state index >= 15 is 0 Å². The summed E-state index contributed by atoms with van der Waals surface area (Å²) < 4.78 is 12.9. The highest BCUT2D eigenvalue weighted by molar-refractivity contribution is 7.13. The first kappa shape index (κ1) is 13.1. The molecule has 2 rings (SSSR count). The first-order valence-electron chi connectivity index (χ1n) is 5.35. The van der Waals surface area contributed by atoms with E-state index in [2.05, 4.69) is 5.32 Å². The molecule has 0 saturated heterocycles. The Labute approximate surface area is 113 Å². The van der Waals surface area contributed by atoms with Gasteiger partial charge in [-0.05, 0) is 36.8 Å². The van der Waals surface area contributed by atoms with Crippen LogP contribution in [0, 0.1) is 12.7 Å². The van der Waals surface area contributed by atoms with Crippen LogP contribution in [0.4, 0.5) is 4.39 Å². The van der Waals surface area contributed by atoms with E-state index in [1.807, 2.05) is 13.0 Å². The largest absolute Gasteiger partial charge is 0.347 e. The summed E-state index contributed by atoms with van der Waals surface area (Å²) in [5.41, 5.74) is 0.767. The number of carbonyl (C=O) groups excluding carboxylic acids is 1. The molecule has 0 spiro atoms. The van der Waals surface area contributed by atoms with Crippen LogP contribution in [0.2, 0.25) is 5.02 Å². The lowest BCUT2D eigenvalue weighted by molar-refractivity contribution is 0.0955. The third-order valence-corrected chi connectivity index (χ3v) is 3.69. The number of benzene rings is 1. The zero-order chi connectivity index (χ0) is 13.1. The van der Waals surface area contributed by atoms with Crippen LogP contribution in [-0.2, 0) is 6.54 Å². The second-order valence-electron chi connectivity index (χ2n) is 3.84. The summed E-state index contributed by atoms with van der Waals surface area (Å²) in [4.78, 5) is 13.5. The molecule has 94 valence electrons. The Morgan fingerprint density at radius 2 is 2.17 bits per heavy atom. The van der Waals surface area contributed by atoms with E-state index in [4.69, 9.17) is 11.6 Å². The predicted octanol–water partition coefficient (Wildman–Crippen LogP) is 3.78. The zero-order valence-corrected chi connectivity index (χ0v) is 11.2. The van der Waals surface area contributed by atoms with Gasteiger partial charge in [-0.15, -0.1) is 11.3 Å². The fraction of sp³-hybridized carbons (Fsp3) is 0.154. The maximum atomic E-state index is 12.9. The van der Waals surface area contributed by atoms with Gasteiger partial charge in [0.25, 0.3) is 5.91 Å². The molecule has 0 fully saturated rings. The molecule has 0 saturated carbocycles. The molecular weight excluding hydrogens is 273 g/mol. The van der Waals surface area contributed by atoms with Crippen LogP contribution < -0.4 is 5.32 Å². The van der Waals surface area contributed by atoms with E-state index in [1.54, 1.807) is 12.1 Å². The fourth-order valence-corrected chi connectivity index (χ4v) is 2.46. The molecule has 0 bridgehead atoms. The lowest BCUT2D eigenvalue weighted by atomic mass is 10.2. The van der Waals surface area contributed by atoms with Crippen molar-refractivity contribution in [3.8, 4) is 0 Å². The van der Waals surface area contributed by atoms with Crippen molar-refractivity contribution in [1.82, 2.24) is 5.32 Å². The molecule has 1 aromatic heterocycles. The van der Waals surface area contributed by atoms with E-state index in [9.17, 15) is 9.18 Å². The van der Waals surface area contributed by atoms with Gasteiger partial charge in [0.15, 0.2) is 0 Å². The fourth-order valence-electron chi connectivity index (χ4n) is 1.48. The van der Waals surface area contributed by atoms with E-state index in [1.165, 1.54) is 23.5 Å². The number of hydrogen-bond acceptors (Lipinski definition) is 2. The van der Waals surface area contributed by atoms with Gasteiger partial charge >= 0.3 is 0 Å². The first-order valence-corrected chi connectivity index (χ1v) is 6.54. The monoisotopic (exact) mass is 283 g/mol. The number of aryl methyl sites for hydroxylation is 1. The molecule has 2 aromatic rings. The van der Waals surface area contributed by atoms with E-state index < -0.39 is 5.82 Å². The number of hydrogen-bond donors (Lipinski definition) is 1. The molecular formula is C13H11ClFNOS. The standard InChI is InChI=1S/C13H11ClFNOS/c1-8-2-5-12(18-8)13(17)16-7-9-3-4-11(15)10(14)6-9/h2-6H,7H2,1H3,(H,16,17). The third kappa shape index (κ3) is 3.09. The second-order valence-corrected chi connectivity index (χ2v) is 5.54. The Kier molecular flexibility index (Phi) is 3.99. The molecule has 5 heteroatoms. The summed E-state index contributed by atoms with van der Waals surface area (Å²) in [5, 5.41) is 2.83. The normalized spacial score (nSPS) is 10.4. The molecule has 1 heterocycles. The van der Waals surface area contributed by atoms with Gasteiger partial charge in [-0.1, -0.05) is 17.7 Å². The summed E-state index contributed by atoms with van der Waals surface area (Å²) >= 11 is 7.10. The topological polar surface area (TPSA) is 29.1 Å². The lowest BCUT2D eigenvalue weighted by Crippen LogP contribution is -2.21. The Balaban J connectivity index is 1.99. The molecule has 2 nitrogen and oxygen atoms in total. The van der Waals surface area contributed by atoms with Gasteiger partial charge in [0.1, 0.15) is 5.82 Å². The summed E-state index contributed by atoms with van der Waals surface area (Å²) in [5.74, 6) is -0.589. The number of amides is 1. The minimum atomic E-state index is -0.458. The Morgan fingerprint density at radius 3 is 2.78 bits per heavy atom. The lowest BCUT2D eigenvalue weighted by Gasteiger charge is -2.04.